The summed E-state index contributed by atoms with van der Waals surface area (Å²) in [5.74, 6) is 0. The van der Waals surface area contributed by atoms with Crippen LogP contribution in [0, 0.1) is 91.9 Å². The first kappa shape index (κ1) is 64.8. The van der Waals surface area contributed by atoms with Crippen LogP contribution in [-0.4, -0.2) is 41.5 Å². The van der Waals surface area contributed by atoms with Crippen molar-refractivity contribution in [3.8, 4) is 0 Å². The van der Waals surface area contributed by atoms with Crippen LogP contribution in [0.25, 0.3) is 0 Å². The van der Waals surface area contributed by atoms with Crippen LogP contribution < -0.4 is 0 Å². The summed E-state index contributed by atoms with van der Waals surface area (Å²) in [4.78, 5) is 49.5. The minimum absolute atomic E-state index is 0. The van der Waals surface area contributed by atoms with Crippen molar-refractivity contribution in [2.24, 2.45) is 0 Å². The molecule has 0 saturated carbocycles. The molecule has 27 nitrogen and oxygen atoms in total. The van der Waals surface area contributed by atoms with E-state index in [1.54, 1.807) is 0 Å². The third-order valence-electron chi connectivity index (χ3n) is 0. The predicted octanol–water partition coefficient (Wildman–Crippen LogP) is -4.28. The first-order valence-corrected chi connectivity index (χ1v) is 3.29. The molecule has 0 heterocycles. The van der Waals surface area contributed by atoms with Gasteiger partial charge in [-0.3, -0.25) is 0 Å². The smallest absolute Gasteiger partial charge is 0.873 e. The van der Waals surface area contributed by atoms with E-state index in [0.29, 0.717) is 0 Å². The maximum absolute atomic E-state index is 8.25. The molecule has 0 aromatic carbocycles. The molecule has 0 spiro atoms. The van der Waals surface area contributed by atoms with Gasteiger partial charge in [0.15, 0.2) is 0 Å². The summed E-state index contributed by atoms with van der Waals surface area (Å²) >= 11 is 0. The largest absolute Gasteiger partial charge is 4.00 e. The molecule has 0 radical (unpaired) electrons. The zero-order valence-corrected chi connectivity index (χ0v) is 14.7. The zero-order chi connectivity index (χ0) is 21.5. The van der Waals surface area contributed by atoms with E-state index >= 15 is 0 Å². The molecular formula is H8N6O21Zr. The number of hydrogen-bond acceptors (Lipinski definition) is 18. The fourth-order valence-corrected chi connectivity index (χ4v) is 0. The van der Waals surface area contributed by atoms with Crippen molar-refractivity contribution >= 4 is 0 Å². The van der Waals surface area contributed by atoms with Gasteiger partial charge >= 0.3 is 26.2 Å². The Morgan fingerprint density at radius 2 is 0.321 bits per heavy atom. The van der Waals surface area contributed by atoms with Gasteiger partial charge in [0.2, 0.25) is 0 Å². The van der Waals surface area contributed by atoms with Crippen molar-refractivity contribution in [1.82, 2.24) is 0 Å². The quantitative estimate of drug-likeness (QED) is 0.216. The molecule has 0 rings (SSSR count). The molecule has 8 N–H and O–H groups in total. The second kappa shape index (κ2) is 56.8. The van der Waals surface area contributed by atoms with Crippen LogP contribution in [0.2, 0.25) is 0 Å². The average molecular weight is 519 g/mol. The van der Waals surface area contributed by atoms with Crippen LogP contribution in [0.4, 0.5) is 0 Å². The molecule has 0 atom stereocenters. The van der Waals surface area contributed by atoms with Crippen molar-refractivity contribution in [3.05, 3.63) is 91.9 Å². The molecular weight excluding hydrogens is 511 g/mol. The molecule has 0 aliphatic carbocycles. The minimum Gasteiger partial charge on any atom is -0.873 e. The van der Waals surface area contributed by atoms with Crippen LogP contribution in [-0.2, 0) is 31.7 Å². The molecule has 0 unspecified atom stereocenters. The van der Waals surface area contributed by atoms with E-state index in [2.05, 4.69) is 0 Å². The van der Waals surface area contributed by atoms with E-state index in [9.17, 15) is 0 Å². The summed E-state index contributed by atoms with van der Waals surface area (Å²) in [6.45, 7) is 0. The van der Waals surface area contributed by atoms with E-state index in [0.717, 1.165) is 0 Å². The average Bonchev–Trinajstić information content (AvgIpc) is 2.08. The first-order chi connectivity index (χ1) is 10.4. The van der Waals surface area contributed by atoms with Crippen LogP contribution >= 0.6 is 0 Å². The Bertz CT molecular complexity index is 258. The molecule has 0 aromatic heterocycles. The van der Waals surface area contributed by atoms with Gasteiger partial charge in [-0.1, -0.05) is 0 Å². The Kier molecular flexibility index (Phi) is 132. The van der Waals surface area contributed by atoms with Gasteiger partial charge in [-0.15, -0.1) is 0 Å². The fraction of sp³-hybridized carbons (Fsp3) is 0. The van der Waals surface area contributed by atoms with Gasteiger partial charge < -0.3 is 108 Å². The summed E-state index contributed by atoms with van der Waals surface area (Å²) in [5, 5.41) is 88.5. The van der Waals surface area contributed by atoms with Crippen molar-refractivity contribution in [1.29, 1.82) is 0 Å². The fourth-order valence-electron chi connectivity index (χ4n) is 0. The van der Waals surface area contributed by atoms with Gasteiger partial charge in [-0.25, -0.2) is 0 Å². The predicted molar refractivity (Wildman–Crippen MR) is 75.7 cm³/mol. The van der Waals surface area contributed by atoms with Crippen molar-refractivity contribution in [2.45, 2.75) is 0 Å². The van der Waals surface area contributed by atoms with Crippen LogP contribution in [0.3, 0.4) is 0 Å². The van der Waals surface area contributed by atoms with Gasteiger partial charge in [-0.05, 0) is 0 Å². The third-order valence-corrected chi connectivity index (χ3v) is 0. The van der Waals surface area contributed by atoms with E-state index in [1.807, 2.05) is 0 Å². The normalized spacial score (nSPS) is 5.14. The van der Waals surface area contributed by atoms with E-state index in [4.69, 9.17) is 91.9 Å². The monoisotopic (exact) mass is 518 g/mol. The van der Waals surface area contributed by atoms with Crippen LogP contribution in [0.15, 0.2) is 0 Å². The number of rotatable bonds is 0. The molecule has 0 aliphatic rings. The van der Waals surface area contributed by atoms with E-state index < -0.39 is 30.5 Å². The SMILES string of the molecule is O.O.O=[N+]([O-])[O-].O=[N+]([O-])[O-].O=[N+]([O-])[O-].O=[N+]([O-])[O-].O=[N+]([O-])[O-].O=[N+]([O-])[O-].[OH4+2].[Zr+4]. The number of nitrogens with zero attached hydrogens (tertiary/aromatic N) is 6. The van der Waals surface area contributed by atoms with Crippen molar-refractivity contribution < 1.29 is 73.2 Å². The molecule has 0 aromatic rings. The maximum atomic E-state index is 8.25. The summed E-state index contributed by atoms with van der Waals surface area (Å²) < 4.78 is 0. The standard InChI is InChI=1S/6NO3.H4O.2H2O.Zr/c6*2-1(3)4;;;;/h;;;;;;1H4;2*1H2;/q6*-1;+2;;;+4. The Hall–Kier alpha value is -4.04. The second-order valence-corrected chi connectivity index (χ2v) is 1.34. The Morgan fingerprint density at radius 1 is 0.321 bits per heavy atom. The maximum Gasteiger partial charge on any atom is 4.00 e. The van der Waals surface area contributed by atoms with Gasteiger partial charge in [-0.2, -0.15) is 0 Å². The molecule has 0 bridgehead atoms. The summed E-state index contributed by atoms with van der Waals surface area (Å²) in [6, 6.07) is 0. The summed E-state index contributed by atoms with van der Waals surface area (Å²) in [5.41, 5.74) is 0. The zero-order valence-electron chi connectivity index (χ0n) is 12.2. The summed E-state index contributed by atoms with van der Waals surface area (Å²) in [6.07, 6.45) is 0. The Morgan fingerprint density at radius 3 is 0.321 bits per heavy atom. The molecule has 0 amide bonds. The molecule has 0 aliphatic heterocycles. The molecule has 0 saturated heterocycles. The van der Waals surface area contributed by atoms with Crippen LogP contribution in [0.5, 0.6) is 0 Å². The van der Waals surface area contributed by atoms with Gasteiger partial charge in [0.25, 0.3) is 0 Å². The summed E-state index contributed by atoms with van der Waals surface area (Å²) in [7, 11) is 0. The molecule has 0 fully saturated rings. The van der Waals surface area contributed by atoms with Crippen LogP contribution in [0.1, 0.15) is 0 Å². The number of hydrogen-bond donors (Lipinski definition) is 0. The Labute approximate surface area is 166 Å². The van der Waals surface area contributed by atoms with E-state index in [1.165, 1.54) is 0 Å². The second-order valence-electron chi connectivity index (χ2n) is 1.34. The van der Waals surface area contributed by atoms with Gasteiger partial charge in [0.1, 0.15) is 0 Å². The van der Waals surface area contributed by atoms with Crippen molar-refractivity contribution in [2.75, 3.05) is 0 Å². The topological polar surface area (TPSA) is 495 Å². The van der Waals surface area contributed by atoms with Gasteiger partial charge in [0.05, 0.1) is 30.5 Å². The molecule has 28 heavy (non-hydrogen) atoms. The van der Waals surface area contributed by atoms with Crippen molar-refractivity contribution in [3.63, 3.8) is 0 Å². The van der Waals surface area contributed by atoms with Gasteiger partial charge in [0, 0.05) is 0 Å². The molecule has 28 heteroatoms. The minimum atomic E-state index is -1.75. The molecule has 168 valence electrons. The third kappa shape index (κ3) is 592. The Balaban J connectivity index is -0.0000000169. The van der Waals surface area contributed by atoms with E-state index in [-0.39, 0.29) is 42.6 Å². The first-order valence-electron chi connectivity index (χ1n) is 3.29.